The lowest BCUT2D eigenvalue weighted by Gasteiger charge is -2.20. The largest absolute Gasteiger partial charge is 0.338 e. The summed E-state index contributed by atoms with van der Waals surface area (Å²) in [4.78, 5) is 6.48. The Bertz CT molecular complexity index is 1180. The van der Waals surface area contributed by atoms with Crippen molar-refractivity contribution in [3.8, 4) is 17.1 Å². The molecular formula is C21H20ClFN6OS. The number of rotatable bonds is 7. The molecule has 0 aliphatic heterocycles. The first-order valence-corrected chi connectivity index (χ1v) is 10.9. The van der Waals surface area contributed by atoms with Gasteiger partial charge in [-0.3, -0.25) is 9.47 Å². The summed E-state index contributed by atoms with van der Waals surface area (Å²) in [5.41, 5.74) is 1.56. The van der Waals surface area contributed by atoms with Gasteiger partial charge in [-0.2, -0.15) is 4.98 Å². The highest BCUT2D eigenvalue weighted by Crippen LogP contribution is 2.29. The van der Waals surface area contributed by atoms with Crippen LogP contribution in [0, 0.1) is 5.82 Å². The van der Waals surface area contributed by atoms with Gasteiger partial charge in [-0.25, -0.2) is 4.39 Å². The van der Waals surface area contributed by atoms with E-state index in [-0.39, 0.29) is 11.9 Å². The fourth-order valence-corrected chi connectivity index (χ4v) is 3.88. The maximum Gasteiger partial charge on any atom is 0.237 e. The van der Waals surface area contributed by atoms with Gasteiger partial charge in [-0.15, -0.1) is 10.2 Å². The lowest BCUT2D eigenvalue weighted by atomic mass is 10.2. The van der Waals surface area contributed by atoms with Crippen LogP contribution in [0.2, 0.25) is 5.02 Å². The highest BCUT2D eigenvalue weighted by Gasteiger charge is 2.21. The smallest absolute Gasteiger partial charge is 0.237 e. The van der Waals surface area contributed by atoms with Crippen LogP contribution in [-0.4, -0.2) is 43.9 Å². The lowest BCUT2D eigenvalue weighted by Crippen LogP contribution is -2.20. The molecule has 1 atom stereocenters. The molecule has 31 heavy (non-hydrogen) atoms. The first-order chi connectivity index (χ1) is 14.9. The minimum absolute atomic E-state index is 0.00439. The number of thioether (sulfide) groups is 1. The quantitative estimate of drug-likeness (QED) is 0.360. The molecule has 2 aromatic heterocycles. The number of halogens is 2. The maximum atomic E-state index is 13.5. The predicted octanol–water partition coefficient (Wildman–Crippen LogP) is 5.02. The van der Waals surface area contributed by atoms with E-state index in [1.807, 2.05) is 42.6 Å². The highest BCUT2D eigenvalue weighted by molar-refractivity contribution is 7.98. The van der Waals surface area contributed by atoms with Crippen molar-refractivity contribution in [3.05, 3.63) is 71.1 Å². The second-order valence-corrected chi connectivity index (χ2v) is 8.48. The van der Waals surface area contributed by atoms with Crippen molar-refractivity contribution in [2.45, 2.75) is 23.9 Å². The van der Waals surface area contributed by atoms with Crippen molar-refractivity contribution in [1.82, 2.24) is 29.8 Å². The molecule has 0 aliphatic carbocycles. The molecule has 0 amide bonds. The first kappa shape index (κ1) is 21.5. The SMILES string of the molecule is C[C@H](c1nnc(SCc2nc(-c3cccc(Cl)c3)no2)n1-c1ccc(F)cc1)N(C)C. The van der Waals surface area contributed by atoms with Gasteiger partial charge in [-0.05, 0) is 57.4 Å². The monoisotopic (exact) mass is 458 g/mol. The highest BCUT2D eigenvalue weighted by atomic mass is 35.5. The molecule has 0 aliphatic rings. The Morgan fingerprint density at radius 1 is 1.16 bits per heavy atom. The molecule has 7 nitrogen and oxygen atoms in total. The topological polar surface area (TPSA) is 72.9 Å². The van der Waals surface area contributed by atoms with Gasteiger partial charge < -0.3 is 4.52 Å². The van der Waals surface area contributed by atoms with Gasteiger partial charge in [0.1, 0.15) is 5.82 Å². The van der Waals surface area contributed by atoms with Gasteiger partial charge in [-0.1, -0.05) is 40.7 Å². The van der Waals surface area contributed by atoms with Gasteiger partial charge in [0.25, 0.3) is 0 Å². The van der Waals surface area contributed by atoms with Crippen molar-refractivity contribution in [1.29, 1.82) is 0 Å². The molecule has 0 spiro atoms. The number of hydrogen-bond acceptors (Lipinski definition) is 7. The predicted molar refractivity (Wildman–Crippen MR) is 118 cm³/mol. The molecule has 4 rings (SSSR count). The minimum Gasteiger partial charge on any atom is -0.338 e. The van der Waals surface area contributed by atoms with Crippen molar-refractivity contribution in [2.24, 2.45) is 0 Å². The summed E-state index contributed by atoms with van der Waals surface area (Å²) < 4.78 is 20.8. The second kappa shape index (κ2) is 9.17. The van der Waals surface area contributed by atoms with E-state index in [0.717, 1.165) is 17.1 Å². The summed E-state index contributed by atoms with van der Waals surface area (Å²) in [6, 6.07) is 13.5. The summed E-state index contributed by atoms with van der Waals surface area (Å²) in [6.45, 7) is 2.04. The zero-order valence-electron chi connectivity index (χ0n) is 17.2. The van der Waals surface area contributed by atoms with E-state index in [1.54, 1.807) is 24.3 Å². The Labute approximate surface area is 188 Å². The van der Waals surface area contributed by atoms with Crippen LogP contribution >= 0.6 is 23.4 Å². The molecule has 0 fully saturated rings. The Morgan fingerprint density at radius 3 is 2.65 bits per heavy atom. The third-order valence-corrected chi connectivity index (χ3v) is 5.92. The third-order valence-electron chi connectivity index (χ3n) is 4.77. The van der Waals surface area contributed by atoms with E-state index >= 15 is 0 Å². The summed E-state index contributed by atoms with van der Waals surface area (Å²) in [5, 5.41) is 14.0. The third kappa shape index (κ3) is 4.79. The normalized spacial score (nSPS) is 12.5. The van der Waals surface area contributed by atoms with E-state index in [1.165, 1.54) is 23.9 Å². The minimum atomic E-state index is -0.298. The molecule has 0 saturated heterocycles. The average Bonchev–Trinajstić information content (AvgIpc) is 3.39. The van der Waals surface area contributed by atoms with E-state index in [2.05, 4.69) is 20.3 Å². The van der Waals surface area contributed by atoms with Crippen LogP contribution in [0.4, 0.5) is 4.39 Å². The molecule has 4 aromatic rings. The van der Waals surface area contributed by atoms with Crippen molar-refractivity contribution in [3.63, 3.8) is 0 Å². The van der Waals surface area contributed by atoms with E-state index in [9.17, 15) is 4.39 Å². The van der Waals surface area contributed by atoms with Crippen LogP contribution < -0.4 is 0 Å². The van der Waals surface area contributed by atoms with Crippen molar-refractivity contribution >= 4 is 23.4 Å². The molecular weight excluding hydrogens is 439 g/mol. The van der Waals surface area contributed by atoms with Crippen LogP contribution in [0.3, 0.4) is 0 Å². The first-order valence-electron chi connectivity index (χ1n) is 9.51. The average molecular weight is 459 g/mol. The molecule has 0 N–H and O–H groups in total. The van der Waals surface area contributed by atoms with E-state index in [0.29, 0.717) is 27.6 Å². The number of aromatic nitrogens is 5. The van der Waals surface area contributed by atoms with Crippen LogP contribution in [0.25, 0.3) is 17.1 Å². The lowest BCUT2D eigenvalue weighted by molar-refractivity contribution is 0.305. The number of nitrogens with zero attached hydrogens (tertiary/aromatic N) is 6. The number of hydrogen-bond donors (Lipinski definition) is 0. The van der Waals surface area contributed by atoms with Crippen LogP contribution in [-0.2, 0) is 5.75 Å². The maximum absolute atomic E-state index is 13.5. The zero-order chi connectivity index (χ0) is 22.0. The second-order valence-electron chi connectivity index (χ2n) is 7.10. The molecule has 10 heteroatoms. The fourth-order valence-electron chi connectivity index (χ4n) is 2.89. The van der Waals surface area contributed by atoms with Crippen molar-refractivity contribution in [2.75, 3.05) is 14.1 Å². The molecule has 160 valence electrons. The standard InChI is InChI=1S/C21H20ClFN6OS/c1-13(28(2)3)20-25-26-21(29(20)17-9-7-16(23)8-10-17)31-12-18-24-19(27-30-18)14-5-4-6-15(22)11-14/h4-11,13H,12H2,1-3H3/t13-/m1/s1. The molecule has 0 bridgehead atoms. The molecule has 0 saturated carbocycles. The Kier molecular flexibility index (Phi) is 6.35. The molecule has 0 unspecified atom stereocenters. The Morgan fingerprint density at radius 2 is 1.94 bits per heavy atom. The van der Waals surface area contributed by atoms with Gasteiger partial charge in [0, 0.05) is 16.3 Å². The van der Waals surface area contributed by atoms with Crippen LogP contribution in [0.1, 0.15) is 24.7 Å². The Balaban J connectivity index is 1.59. The van der Waals surface area contributed by atoms with Gasteiger partial charge in [0.05, 0.1) is 11.8 Å². The summed E-state index contributed by atoms with van der Waals surface area (Å²) in [6.07, 6.45) is 0. The zero-order valence-corrected chi connectivity index (χ0v) is 18.7. The fraction of sp³-hybridized carbons (Fsp3) is 0.238. The number of benzene rings is 2. The van der Waals surface area contributed by atoms with Crippen LogP contribution in [0.15, 0.2) is 58.2 Å². The van der Waals surface area contributed by atoms with Gasteiger partial charge in [0.2, 0.25) is 11.7 Å². The van der Waals surface area contributed by atoms with Gasteiger partial charge >= 0.3 is 0 Å². The summed E-state index contributed by atoms with van der Waals surface area (Å²) in [7, 11) is 3.94. The summed E-state index contributed by atoms with van der Waals surface area (Å²) in [5.74, 6) is 1.79. The Hall–Kier alpha value is -2.75. The van der Waals surface area contributed by atoms with E-state index < -0.39 is 0 Å². The molecule has 0 radical (unpaired) electrons. The van der Waals surface area contributed by atoms with Crippen molar-refractivity contribution < 1.29 is 8.91 Å². The molecule has 2 aromatic carbocycles. The van der Waals surface area contributed by atoms with Gasteiger partial charge in [0.15, 0.2) is 11.0 Å². The molecule has 2 heterocycles. The van der Waals surface area contributed by atoms with E-state index in [4.69, 9.17) is 16.1 Å². The van der Waals surface area contributed by atoms with Crippen LogP contribution in [0.5, 0.6) is 0 Å². The summed E-state index contributed by atoms with van der Waals surface area (Å²) >= 11 is 7.46.